The summed E-state index contributed by atoms with van der Waals surface area (Å²) >= 11 is 0. The molecule has 1 aromatic carbocycles. The molecule has 0 bridgehead atoms. The van der Waals surface area contributed by atoms with Crippen molar-refractivity contribution in [2.45, 2.75) is 26.2 Å². The summed E-state index contributed by atoms with van der Waals surface area (Å²) in [4.78, 5) is 31.4. The standard InChI is InChI=1S/C21H25N3O3/c1-3-27-18-7-5-4-6-17(18)23-19(25)21(11-12-21)20(26)24(2)15-10-16-8-13-22-14-9-16/h4-9,13-14H,3,10-12,15H2,1-2H3,(H,23,25). The zero-order valence-corrected chi connectivity index (χ0v) is 15.8. The number of anilines is 1. The second-order valence-electron chi connectivity index (χ2n) is 6.80. The minimum Gasteiger partial charge on any atom is -0.492 e. The molecule has 27 heavy (non-hydrogen) atoms. The second-order valence-corrected chi connectivity index (χ2v) is 6.80. The first-order valence-electron chi connectivity index (χ1n) is 9.24. The smallest absolute Gasteiger partial charge is 0.240 e. The number of carbonyl (C=O) groups excluding carboxylic acids is 2. The average molecular weight is 367 g/mol. The van der Waals surface area contributed by atoms with Gasteiger partial charge < -0.3 is 15.0 Å². The first-order valence-corrected chi connectivity index (χ1v) is 9.24. The lowest BCUT2D eigenvalue weighted by Gasteiger charge is -2.23. The van der Waals surface area contributed by atoms with Crippen molar-refractivity contribution in [3.8, 4) is 5.75 Å². The maximum Gasteiger partial charge on any atom is 0.240 e. The van der Waals surface area contributed by atoms with Crippen molar-refractivity contribution in [1.82, 2.24) is 9.88 Å². The highest BCUT2D eigenvalue weighted by molar-refractivity contribution is 6.13. The molecule has 1 saturated carbocycles. The Kier molecular flexibility index (Phi) is 5.74. The Balaban J connectivity index is 1.63. The molecule has 2 aromatic rings. The zero-order valence-electron chi connectivity index (χ0n) is 15.8. The molecule has 0 spiro atoms. The summed E-state index contributed by atoms with van der Waals surface area (Å²) in [6.07, 6.45) is 5.36. The van der Waals surface area contributed by atoms with Gasteiger partial charge in [0.15, 0.2) is 0 Å². The maximum atomic E-state index is 12.9. The van der Waals surface area contributed by atoms with Gasteiger partial charge in [-0.2, -0.15) is 0 Å². The predicted octanol–water partition coefficient (Wildman–Crippen LogP) is 2.90. The quantitative estimate of drug-likeness (QED) is 0.728. The minimum absolute atomic E-state index is 0.122. The molecule has 1 N–H and O–H groups in total. The van der Waals surface area contributed by atoms with E-state index in [1.165, 1.54) is 0 Å². The SMILES string of the molecule is CCOc1ccccc1NC(=O)C1(C(=O)N(C)CCc2ccncc2)CC1. The highest BCUT2D eigenvalue weighted by Gasteiger charge is 2.57. The van der Waals surface area contributed by atoms with Crippen LogP contribution in [0.4, 0.5) is 5.69 Å². The van der Waals surface area contributed by atoms with E-state index in [1.807, 2.05) is 31.2 Å². The number of likely N-dealkylation sites (N-methyl/N-ethyl adjacent to an activating group) is 1. The van der Waals surface area contributed by atoms with Gasteiger partial charge in [-0.1, -0.05) is 12.1 Å². The van der Waals surface area contributed by atoms with Crippen LogP contribution in [-0.2, 0) is 16.0 Å². The number of nitrogens with one attached hydrogen (secondary N) is 1. The molecule has 3 rings (SSSR count). The van der Waals surface area contributed by atoms with Gasteiger partial charge in [-0.05, 0) is 56.0 Å². The third-order valence-corrected chi connectivity index (χ3v) is 4.86. The molecule has 6 nitrogen and oxygen atoms in total. The van der Waals surface area contributed by atoms with E-state index in [0.717, 1.165) is 12.0 Å². The fraction of sp³-hybridized carbons (Fsp3) is 0.381. The maximum absolute atomic E-state index is 12.9. The molecular weight excluding hydrogens is 342 g/mol. The van der Waals surface area contributed by atoms with Crippen LogP contribution in [0.1, 0.15) is 25.3 Å². The van der Waals surface area contributed by atoms with E-state index in [-0.39, 0.29) is 11.8 Å². The Bertz CT molecular complexity index is 803. The van der Waals surface area contributed by atoms with E-state index in [4.69, 9.17) is 4.74 Å². The van der Waals surface area contributed by atoms with Gasteiger partial charge in [0.25, 0.3) is 0 Å². The van der Waals surface area contributed by atoms with Crippen LogP contribution in [0.3, 0.4) is 0 Å². The van der Waals surface area contributed by atoms with E-state index >= 15 is 0 Å². The van der Waals surface area contributed by atoms with Crippen molar-refractivity contribution in [3.05, 3.63) is 54.4 Å². The van der Waals surface area contributed by atoms with E-state index in [0.29, 0.717) is 37.4 Å². The zero-order chi connectivity index (χ0) is 19.3. The van der Waals surface area contributed by atoms with Crippen LogP contribution in [0.5, 0.6) is 5.75 Å². The third kappa shape index (κ3) is 4.27. The van der Waals surface area contributed by atoms with Gasteiger partial charge in [0.2, 0.25) is 11.8 Å². The molecule has 142 valence electrons. The molecular formula is C21H25N3O3. The average Bonchev–Trinajstić information content (AvgIpc) is 3.50. The Hall–Kier alpha value is -2.89. The molecule has 0 atom stereocenters. The van der Waals surface area contributed by atoms with Gasteiger partial charge in [0.1, 0.15) is 11.2 Å². The largest absolute Gasteiger partial charge is 0.492 e. The summed E-state index contributed by atoms with van der Waals surface area (Å²) in [6, 6.07) is 11.1. The number of rotatable bonds is 8. The number of benzene rings is 1. The molecule has 0 unspecified atom stereocenters. The summed E-state index contributed by atoms with van der Waals surface area (Å²) in [6.45, 7) is 2.96. The van der Waals surface area contributed by atoms with Crippen LogP contribution in [0.2, 0.25) is 0 Å². The molecule has 1 aliphatic carbocycles. The lowest BCUT2D eigenvalue weighted by molar-refractivity contribution is -0.141. The van der Waals surface area contributed by atoms with E-state index in [9.17, 15) is 9.59 Å². The Morgan fingerprint density at radius 3 is 2.56 bits per heavy atom. The van der Waals surface area contributed by atoms with Crippen LogP contribution in [0.25, 0.3) is 0 Å². The molecule has 1 aliphatic rings. The summed E-state index contributed by atoms with van der Waals surface area (Å²) in [5.74, 6) is 0.237. The van der Waals surface area contributed by atoms with Crippen LogP contribution >= 0.6 is 0 Å². The van der Waals surface area contributed by atoms with Gasteiger partial charge in [0.05, 0.1) is 12.3 Å². The molecule has 0 saturated heterocycles. The molecule has 0 aliphatic heterocycles. The number of pyridine rings is 1. The number of hydrogen-bond donors (Lipinski definition) is 1. The molecule has 1 aromatic heterocycles. The van der Waals surface area contributed by atoms with Gasteiger partial charge >= 0.3 is 0 Å². The van der Waals surface area contributed by atoms with Crippen LogP contribution in [0.15, 0.2) is 48.8 Å². The minimum atomic E-state index is -0.952. The van der Waals surface area contributed by atoms with Crippen molar-refractivity contribution in [2.75, 3.05) is 25.5 Å². The number of ether oxygens (including phenoxy) is 1. The summed E-state index contributed by atoms with van der Waals surface area (Å²) in [5.41, 5.74) is 0.763. The molecule has 1 fully saturated rings. The van der Waals surface area contributed by atoms with Crippen molar-refractivity contribution in [1.29, 1.82) is 0 Å². The lowest BCUT2D eigenvalue weighted by atomic mass is 10.0. The van der Waals surface area contributed by atoms with Crippen molar-refractivity contribution >= 4 is 17.5 Å². The number of amides is 2. The third-order valence-electron chi connectivity index (χ3n) is 4.86. The van der Waals surface area contributed by atoms with Crippen LogP contribution in [-0.4, -0.2) is 41.9 Å². The fourth-order valence-corrected chi connectivity index (χ4v) is 3.07. The number of carbonyl (C=O) groups is 2. The van der Waals surface area contributed by atoms with Crippen LogP contribution in [0, 0.1) is 5.41 Å². The topological polar surface area (TPSA) is 71.5 Å². The summed E-state index contributed by atoms with van der Waals surface area (Å²) in [7, 11) is 1.75. The Morgan fingerprint density at radius 2 is 1.89 bits per heavy atom. The number of para-hydroxylation sites is 2. The van der Waals surface area contributed by atoms with Gasteiger partial charge in [-0.25, -0.2) is 0 Å². The predicted molar refractivity (Wildman–Crippen MR) is 103 cm³/mol. The van der Waals surface area contributed by atoms with Crippen molar-refractivity contribution in [3.63, 3.8) is 0 Å². The fourth-order valence-electron chi connectivity index (χ4n) is 3.07. The van der Waals surface area contributed by atoms with Crippen LogP contribution < -0.4 is 10.1 Å². The summed E-state index contributed by atoms with van der Waals surface area (Å²) in [5, 5.41) is 2.89. The number of nitrogens with zero attached hydrogens (tertiary/aromatic N) is 2. The lowest BCUT2D eigenvalue weighted by Crippen LogP contribution is -2.41. The molecule has 0 radical (unpaired) electrons. The first kappa shape index (κ1) is 18.9. The van der Waals surface area contributed by atoms with Gasteiger partial charge in [0, 0.05) is 26.0 Å². The Morgan fingerprint density at radius 1 is 1.19 bits per heavy atom. The van der Waals surface area contributed by atoms with E-state index < -0.39 is 5.41 Å². The molecule has 2 amide bonds. The molecule has 6 heteroatoms. The highest BCUT2D eigenvalue weighted by Crippen LogP contribution is 2.48. The normalized spacial score (nSPS) is 14.3. The van der Waals surface area contributed by atoms with E-state index in [1.54, 1.807) is 36.5 Å². The van der Waals surface area contributed by atoms with Gasteiger partial charge in [-0.15, -0.1) is 0 Å². The summed E-state index contributed by atoms with van der Waals surface area (Å²) < 4.78 is 5.55. The first-order chi connectivity index (χ1) is 13.1. The van der Waals surface area contributed by atoms with Crippen molar-refractivity contribution < 1.29 is 14.3 Å². The van der Waals surface area contributed by atoms with Gasteiger partial charge in [-0.3, -0.25) is 14.6 Å². The van der Waals surface area contributed by atoms with E-state index in [2.05, 4.69) is 10.3 Å². The highest BCUT2D eigenvalue weighted by atomic mass is 16.5. The molecule has 1 heterocycles. The number of aromatic nitrogens is 1. The second kappa shape index (κ2) is 8.20. The number of hydrogen-bond acceptors (Lipinski definition) is 4. The Labute approximate surface area is 159 Å². The monoisotopic (exact) mass is 367 g/mol. The van der Waals surface area contributed by atoms with Crippen molar-refractivity contribution in [2.24, 2.45) is 5.41 Å².